The summed E-state index contributed by atoms with van der Waals surface area (Å²) in [4.78, 5) is 0. The largest absolute Gasteiger partial charge is 0.317 e. The third kappa shape index (κ3) is 9.99. The maximum absolute atomic E-state index is 3.74. The van der Waals surface area contributed by atoms with E-state index in [2.05, 4.69) is 25.9 Å². The predicted octanol–water partition coefficient (Wildman–Crippen LogP) is 4.29. The van der Waals surface area contributed by atoms with Gasteiger partial charge < -0.3 is 5.32 Å². The number of hydrogen-bond donors (Lipinski definition) is 1. The second kappa shape index (κ2) is 11.8. The molecule has 0 saturated heterocycles. The molecule has 0 aliphatic heterocycles. The van der Waals surface area contributed by atoms with Gasteiger partial charge in [-0.05, 0) is 32.7 Å². The summed E-state index contributed by atoms with van der Waals surface area (Å²) in [5.41, 5.74) is 0. The first-order chi connectivity index (χ1) is 7.35. The summed E-state index contributed by atoms with van der Waals surface area (Å²) in [7, 11) is 2.09. The summed E-state index contributed by atoms with van der Waals surface area (Å²) < 4.78 is 0. The van der Waals surface area contributed by atoms with Crippen molar-refractivity contribution in [1.82, 2.24) is 5.32 Å². The average molecular weight is 211 g/mol. The summed E-state index contributed by atoms with van der Waals surface area (Å²) in [6, 6.07) is 0.753. The molecule has 0 saturated carbocycles. The fourth-order valence-electron chi connectivity index (χ4n) is 1.99. The lowest BCUT2D eigenvalue weighted by molar-refractivity contribution is 0.454. The van der Waals surface area contributed by atoms with Gasteiger partial charge in [0.05, 0.1) is 0 Å². The van der Waals surface area contributed by atoms with Crippen LogP contribution in [-0.2, 0) is 0 Å². The second-order valence-electron chi connectivity index (χ2n) is 4.41. The molecule has 1 unspecified atom stereocenters. The molecule has 0 heterocycles. The molecular formula is C14H29N. The number of hydrogen-bond acceptors (Lipinski definition) is 1. The standard InChI is InChI=1S/C14H29N/c1-4-6-7-8-9-10-11-13-14(15-3)12-5-2/h4,14-15H,1,5-13H2,2-3H3. The van der Waals surface area contributed by atoms with E-state index in [9.17, 15) is 0 Å². The van der Waals surface area contributed by atoms with Gasteiger partial charge in [0.15, 0.2) is 0 Å². The number of allylic oxidation sites excluding steroid dienone is 1. The van der Waals surface area contributed by atoms with Crippen LogP contribution in [0.5, 0.6) is 0 Å². The van der Waals surface area contributed by atoms with Gasteiger partial charge in [-0.3, -0.25) is 0 Å². The molecule has 0 aromatic heterocycles. The zero-order valence-corrected chi connectivity index (χ0v) is 10.7. The van der Waals surface area contributed by atoms with Crippen LogP contribution in [0, 0.1) is 0 Å². The van der Waals surface area contributed by atoms with E-state index in [1.54, 1.807) is 0 Å². The van der Waals surface area contributed by atoms with Crippen molar-refractivity contribution < 1.29 is 0 Å². The highest BCUT2D eigenvalue weighted by Crippen LogP contribution is 2.11. The summed E-state index contributed by atoms with van der Waals surface area (Å²) >= 11 is 0. The first-order valence-electron chi connectivity index (χ1n) is 6.63. The Hall–Kier alpha value is -0.300. The maximum atomic E-state index is 3.74. The Labute approximate surface area is 96.3 Å². The Kier molecular flexibility index (Phi) is 11.5. The quantitative estimate of drug-likeness (QED) is 0.397. The molecule has 0 aliphatic rings. The van der Waals surface area contributed by atoms with Gasteiger partial charge in [0.2, 0.25) is 0 Å². The fraction of sp³-hybridized carbons (Fsp3) is 0.857. The number of nitrogens with one attached hydrogen (secondary N) is 1. The topological polar surface area (TPSA) is 12.0 Å². The van der Waals surface area contributed by atoms with E-state index < -0.39 is 0 Å². The van der Waals surface area contributed by atoms with Crippen molar-refractivity contribution in [3.8, 4) is 0 Å². The molecule has 15 heavy (non-hydrogen) atoms. The van der Waals surface area contributed by atoms with Gasteiger partial charge in [-0.15, -0.1) is 6.58 Å². The first kappa shape index (κ1) is 14.7. The van der Waals surface area contributed by atoms with Crippen molar-refractivity contribution >= 4 is 0 Å². The third-order valence-electron chi connectivity index (χ3n) is 3.01. The predicted molar refractivity (Wildman–Crippen MR) is 70.3 cm³/mol. The van der Waals surface area contributed by atoms with Crippen molar-refractivity contribution in [3.05, 3.63) is 12.7 Å². The van der Waals surface area contributed by atoms with Crippen LogP contribution in [0.4, 0.5) is 0 Å². The van der Waals surface area contributed by atoms with Crippen LogP contribution in [0.3, 0.4) is 0 Å². The van der Waals surface area contributed by atoms with Crippen molar-refractivity contribution in [1.29, 1.82) is 0 Å². The van der Waals surface area contributed by atoms with E-state index in [1.165, 1.54) is 57.8 Å². The molecule has 1 N–H and O–H groups in total. The lowest BCUT2D eigenvalue weighted by Gasteiger charge is -2.14. The van der Waals surface area contributed by atoms with E-state index in [-0.39, 0.29) is 0 Å². The van der Waals surface area contributed by atoms with Crippen molar-refractivity contribution in [2.24, 2.45) is 0 Å². The molecule has 0 aromatic carbocycles. The van der Waals surface area contributed by atoms with E-state index in [4.69, 9.17) is 0 Å². The third-order valence-corrected chi connectivity index (χ3v) is 3.01. The van der Waals surface area contributed by atoms with Gasteiger partial charge >= 0.3 is 0 Å². The minimum atomic E-state index is 0.753. The SMILES string of the molecule is C=CCCCCCCCC(CCC)NC. The van der Waals surface area contributed by atoms with Crippen LogP contribution < -0.4 is 5.32 Å². The van der Waals surface area contributed by atoms with Crippen molar-refractivity contribution in [3.63, 3.8) is 0 Å². The highest BCUT2D eigenvalue weighted by atomic mass is 14.9. The zero-order chi connectivity index (χ0) is 11.4. The lowest BCUT2D eigenvalue weighted by atomic mass is 10.0. The van der Waals surface area contributed by atoms with Crippen LogP contribution in [0.2, 0.25) is 0 Å². The van der Waals surface area contributed by atoms with Crippen LogP contribution >= 0.6 is 0 Å². The molecule has 0 radical (unpaired) electrons. The molecule has 0 fully saturated rings. The molecular weight excluding hydrogens is 182 g/mol. The summed E-state index contributed by atoms with van der Waals surface area (Å²) in [6.07, 6.45) is 14.1. The first-order valence-corrected chi connectivity index (χ1v) is 6.63. The van der Waals surface area contributed by atoms with Gasteiger partial charge in [0.25, 0.3) is 0 Å². The number of unbranched alkanes of at least 4 members (excludes halogenated alkanes) is 5. The number of rotatable bonds is 11. The molecule has 1 heteroatoms. The summed E-state index contributed by atoms with van der Waals surface area (Å²) in [6.45, 7) is 6.00. The molecule has 0 aliphatic carbocycles. The zero-order valence-electron chi connectivity index (χ0n) is 10.7. The highest BCUT2D eigenvalue weighted by molar-refractivity contribution is 4.66. The fourth-order valence-corrected chi connectivity index (χ4v) is 1.99. The lowest BCUT2D eigenvalue weighted by Crippen LogP contribution is -2.24. The van der Waals surface area contributed by atoms with Gasteiger partial charge in [-0.2, -0.15) is 0 Å². The van der Waals surface area contributed by atoms with E-state index in [0.717, 1.165) is 6.04 Å². The monoisotopic (exact) mass is 211 g/mol. The van der Waals surface area contributed by atoms with Crippen molar-refractivity contribution in [2.75, 3.05) is 7.05 Å². The van der Waals surface area contributed by atoms with Gasteiger partial charge in [-0.1, -0.05) is 45.1 Å². The van der Waals surface area contributed by atoms with Crippen molar-refractivity contribution in [2.45, 2.75) is 70.8 Å². The summed E-state index contributed by atoms with van der Waals surface area (Å²) in [5, 5.41) is 3.40. The molecule has 1 nitrogen and oxygen atoms in total. The minimum absolute atomic E-state index is 0.753. The Bertz CT molecular complexity index is 131. The molecule has 0 amide bonds. The smallest absolute Gasteiger partial charge is 0.00639 e. The van der Waals surface area contributed by atoms with E-state index in [0.29, 0.717) is 0 Å². The molecule has 0 spiro atoms. The minimum Gasteiger partial charge on any atom is -0.317 e. The van der Waals surface area contributed by atoms with Crippen LogP contribution in [0.25, 0.3) is 0 Å². The Morgan fingerprint density at radius 2 is 1.73 bits per heavy atom. The molecule has 0 rings (SSSR count). The van der Waals surface area contributed by atoms with Gasteiger partial charge in [0.1, 0.15) is 0 Å². The Morgan fingerprint density at radius 1 is 1.07 bits per heavy atom. The second-order valence-corrected chi connectivity index (χ2v) is 4.41. The van der Waals surface area contributed by atoms with Gasteiger partial charge in [0, 0.05) is 6.04 Å². The van der Waals surface area contributed by atoms with Crippen LogP contribution in [-0.4, -0.2) is 13.1 Å². The highest BCUT2D eigenvalue weighted by Gasteiger charge is 2.03. The summed E-state index contributed by atoms with van der Waals surface area (Å²) in [5.74, 6) is 0. The molecule has 0 bridgehead atoms. The molecule has 1 atom stereocenters. The Morgan fingerprint density at radius 3 is 2.33 bits per heavy atom. The normalized spacial score (nSPS) is 12.7. The van der Waals surface area contributed by atoms with E-state index >= 15 is 0 Å². The van der Waals surface area contributed by atoms with Crippen LogP contribution in [0.15, 0.2) is 12.7 Å². The van der Waals surface area contributed by atoms with Gasteiger partial charge in [-0.25, -0.2) is 0 Å². The molecule has 90 valence electrons. The van der Waals surface area contributed by atoms with Crippen LogP contribution in [0.1, 0.15) is 64.7 Å². The maximum Gasteiger partial charge on any atom is 0.00639 e. The molecule has 0 aromatic rings. The average Bonchev–Trinajstić information content (AvgIpc) is 2.26. The van der Waals surface area contributed by atoms with E-state index in [1.807, 2.05) is 6.08 Å². The Balaban J connectivity index is 3.17.